The molecule has 0 radical (unpaired) electrons. The second kappa shape index (κ2) is 19.4. The maximum absolute atomic E-state index is 12.1. The fourth-order valence-corrected chi connectivity index (χ4v) is 13.3. The zero-order valence-electron chi connectivity index (χ0n) is 45.3. The van der Waals surface area contributed by atoms with Crippen LogP contribution in [-0.2, 0) is 0 Å². The third-order valence-corrected chi connectivity index (χ3v) is 17.0. The average Bonchev–Trinajstić information content (AvgIpc) is 2.67. The van der Waals surface area contributed by atoms with Gasteiger partial charge in [0.25, 0.3) is 0 Å². The van der Waals surface area contributed by atoms with E-state index < -0.39 is 0 Å². The fraction of sp³-hybridized carbons (Fsp3) is 0.0400. The smallest absolute Gasteiger partial charge is 0.139 e. The minimum absolute atomic E-state index is 0.195. The predicted octanol–water partition coefficient (Wildman–Crippen LogP) is 18.4. The van der Waals surface area contributed by atoms with E-state index in [1.165, 1.54) is 0 Å². The monoisotopic (exact) mass is 1070 g/mol. The second-order valence-corrected chi connectivity index (χ2v) is 21.6. The zero-order valence-corrected chi connectivity index (χ0v) is 45.3. The summed E-state index contributed by atoms with van der Waals surface area (Å²) >= 11 is 0. The van der Waals surface area contributed by atoms with Gasteiger partial charge in [0.05, 0.1) is 76.2 Å². The van der Waals surface area contributed by atoms with Gasteiger partial charge in [-0.15, -0.1) is 0 Å². The van der Waals surface area contributed by atoms with Gasteiger partial charge in [-0.25, -0.2) is 0 Å². The molecule has 0 amide bonds. The highest BCUT2D eigenvalue weighted by Crippen LogP contribution is 2.50. The number of anilines is 6. The summed E-state index contributed by atoms with van der Waals surface area (Å²) in [5.74, 6) is 0.390. The second-order valence-electron chi connectivity index (χ2n) is 21.6. The molecule has 2 aliphatic heterocycles. The van der Waals surface area contributed by atoms with Crippen LogP contribution in [0, 0.1) is 0 Å². The summed E-state index contributed by atoms with van der Waals surface area (Å²) in [6, 6.07) is 98.1. The Morgan fingerprint density at radius 3 is 0.867 bits per heavy atom. The molecule has 16 rings (SSSR count). The molecule has 8 nitrogen and oxygen atoms in total. The van der Waals surface area contributed by atoms with Crippen molar-refractivity contribution in [3.8, 4) is 67.4 Å². The topological polar surface area (TPSA) is 63.3 Å². The van der Waals surface area contributed by atoms with Crippen molar-refractivity contribution < 1.29 is 10.2 Å². The van der Waals surface area contributed by atoms with Crippen LogP contribution in [0.3, 0.4) is 0 Å². The van der Waals surface area contributed by atoms with E-state index in [4.69, 9.17) is 0 Å². The molecule has 14 aromatic rings. The lowest BCUT2D eigenvalue weighted by Crippen LogP contribution is -2.40. The van der Waals surface area contributed by atoms with E-state index in [0.717, 1.165) is 122 Å². The van der Waals surface area contributed by atoms with Gasteiger partial charge in [-0.3, -0.25) is 0 Å². The zero-order chi connectivity index (χ0) is 55.1. The van der Waals surface area contributed by atoms with Gasteiger partial charge in [-0.1, -0.05) is 218 Å². The van der Waals surface area contributed by atoms with E-state index in [-0.39, 0.29) is 11.5 Å². The van der Waals surface area contributed by atoms with E-state index >= 15 is 0 Å². The van der Waals surface area contributed by atoms with E-state index in [9.17, 15) is 10.2 Å². The van der Waals surface area contributed by atoms with Crippen LogP contribution in [0.4, 0.5) is 34.1 Å². The third kappa shape index (κ3) is 7.75. The Balaban J connectivity index is 0.787. The van der Waals surface area contributed by atoms with Gasteiger partial charge in [0.1, 0.15) is 11.5 Å². The molecule has 0 fully saturated rings. The first-order valence-corrected chi connectivity index (χ1v) is 28.3. The van der Waals surface area contributed by atoms with Crippen LogP contribution in [0.15, 0.2) is 279 Å². The van der Waals surface area contributed by atoms with Crippen LogP contribution in [-0.4, -0.2) is 39.4 Å². The van der Waals surface area contributed by atoms with Crippen molar-refractivity contribution in [2.75, 3.05) is 39.6 Å². The molecular weight excluding hydrogens is 1020 g/mol. The lowest BCUT2D eigenvalue weighted by atomic mass is 10.0. The van der Waals surface area contributed by atoms with Crippen molar-refractivity contribution in [2.45, 2.75) is 0 Å². The Labute approximate surface area is 480 Å². The molecule has 4 heterocycles. The number of para-hydroxylation sites is 8. The van der Waals surface area contributed by atoms with Crippen molar-refractivity contribution >= 4 is 77.7 Å². The van der Waals surface area contributed by atoms with E-state index in [0.29, 0.717) is 31.4 Å². The summed E-state index contributed by atoms with van der Waals surface area (Å²) in [5, 5.41) is 28.9. The highest BCUT2D eigenvalue weighted by molar-refractivity contribution is 6.19. The van der Waals surface area contributed by atoms with Gasteiger partial charge in [0, 0.05) is 55.2 Å². The Morgan fingerprint density at radius 2 is 0.554 bits per heavy atom. The van der Waals surface area contributed by atoms with Crippen LogP contribution in [0.1, 0.15) is 0 Å². The van der Waals surface area contributed by atoms with Gasteiger partial charge >= 0.3 is 0 Å². The highest BCUT2D eigenvalue weighted by atomic mass is 16.3. The van der Waals surface area contributed by atoms with E-state index in [1.54, 1.807) is 0 Å². The first-order chi connectivity index (χ1) is 41.0. The quantitative estimate of drug-likeness (QED) is 0.142. The Hall–Kier alpha value is -11.0. The van der Waals surface area contributed by atoms with Gasteiger partial charge in [-0.2, -0.15) is 0 Å². The van der Waals surface area contributed by atoms with Crippen molar-refractivity contribution in [3.63, 3.8) is 0 Å². The summed E-state index contributed by atoms with van der Waals surface area (Å²) in [6.07, 6.45) is 0. The highest BCUT2D eigenvalue weighted by Gasteiger charge is 2.35. The number of aromatic nitrogens is 2. The largest absolute Gasteiger partial charge is 0.506 e. The number of aromatic hydroxyl groups is 2. The molecule has 2 N–H and O–H groups in total. The number of phenolic OH excluding ortho intramolecular Hbond substituents is 2. The molecular formula is C75H54N6O2. The number of hydrogen-bond donors (Lipinski definition) is 2. The molecule has 2 aliphatic rings. The molecule has 396 valence electrons. The Bertz CT molecular complexity index is 4330. The number of rotatable bonds is 10. The Kier molecular flexibility index (Phi) is 11.2. The van der Waals surface area contributed by atoms with Crippen molar-refractivity contribution in [1.82, 2.24) is 9.13 Å². The molecule has 83 heavy (non-hydrogen) atoms. The Morgan fingerprint density at radius 1 is 0.265 bits per heavy atom. The fourth-order valence-electron chi connectivity index (χ4n) is 13.3. The lowest BCUT2D eigenvalue weighted by molar-refractivity contribution is 0.475. The molecule has 0 aliphatic carbocycles. The molecule has 0 saturated carbocycles. The van der Waals surface area contributed by atoms with Gasteiger partial charge in [0.15, 0.2) is 0 Å². The van der Waals surface area contributed by atoms with Crippen LogP contribution < -0.4 is 19.6 Å². The lowest BCUT2D eigenvalue weighted by Gasteiger charge is -2.29. The summed E-state index contributed by atoms with van der Waals surface area (Å²) in [6.45, 7) is 1.49. The summed E-state index contributed by atoms with van der Waals surface area (Å²) in [4.78, 5) is 9.25. The molecule has 0 bridgehead atoms. The number of hydrogen-bond acceptors (Lipinski definition) is 6. The molecule has 2 aromatic heterocycles. The molecule has 12 aromatic carbocycles. The SMILES string of the molecule is Oc1ccc(-n2c3c(-c4ccccc4)cccc3c3cccc(-c4ccccc4)c32)cc1N1CN(CN2CN(c3cc(-n4c5c(-c6ccccc6)cccc5c5cccc(-c6ccccc6)c54)ccc3O)c3ccccc32)c2ccccc21. The molecule has 0 unspecified atom stereocenters. The van der Waals surface area contributed by atoms with E-state index in [2.05, 4.69) is 284 Å². The number of phenols is 2. The molecule has 0 spiro atoms. The maximum atomic E-state index is 12.1. The van der Waals surface area contributed by atoms with Gasteiger partial charge in [-0.05, 0) is 82.9 Å². The minimum atomic E-state index is 0.195. The molecule has 0 atom stereocenters. The van der Waals surface area contributed by atoms with Crippen LogP contribution in [0.5, 0.6) is 11.5 Å². The minimum Gasteiger partial charge on any atom is -0.506 e. The van der Waals surface area contributed by atoms with Crippen LogP contribution >= 0.6 is 0 Å². The van der Waals surface area contributed by atoms with E-state index in [1.807, 2.05) is 24.3 Å². The maximum Gasteiger partial charge on any atom is 0.139 e. The van der Waals surface area contributed by atoms with Crippen molar-refractivity contribution in [3.05, 3.63) is 279 Å². The summed E-state index contributed by atoms with van der Waals surface area (Å²) in [5.41, 5.74) is 20.9. The molecule has 8 heteroatoms. The first kappa shape index (κ1) is 48.0. The van der Waals surface area contributed by atoms with Crippen LogP contribution in [0.2, 0.25) is 0 Å². The summed E-state index contributed by atoms with van der Waals surface area (Å²) in [7, 11) is 0. The summed E-state index contributed by atoms with van der Waals surface area (Å²) < 4.78 is 4.81. The van der Waals surface area contributed by atoms with Gasteiger partial charge < -0.3 is 38.9 Å². The predicted molar refractivity (Wildman–Crippen MR) is 343 cm³/mol. The van der Waals surface area contributed by atoms with Gasteiger partial charge in [0.2, 0.25) is 0 Å². The molecule has 0 saturated heterocycles. The third-order valence-electron chi connectivity index (χ3n) is 17.0. The number of benzene rings is 12. The van der Waals surface area contributed by atoms with Crippen molar-refractivity contribution in [1.29, 1.82) is 0 Å². The first-order valence-electron chi connectivity index (χ1n) is 28.3. The number of fused-ring (bicyclic) bond motifs is 8. The standard InChI is InChI=1S/C75H54N6O2/c82-70-43-41-54(80-72-56(50-21-5-1-6-22-50)29-17-33-60(72)61-34-18-30-57(73(61)80)51-23-7-2-8-24-51)45-68(70)78-48-76(64-37-13-15-39-66(64)78)47-77-49-79(67-40-16-14-38-65(67)77)69-46-55(42-44-71(69)83)81-74-58(52-25-9-3-10-26-52)31-19-35-62(74)63-36-20-32-59(75(63)81)53-27-11-4-12-28-53/h1-46,82-83H,47-49H2. The number of nitrogens with zero attached hydrogens (tertiary/aromatic N) is 6. The normalized spacial score (nSPS) is 13.0. The van der Waals surface area contributed by atoms with Crippen LogP contribution in [0.25, 0.3) is 99.5 Å². The average molecular weight is 1070 g/mol. The van der Waals surface area contributed by atoms with Crippen molar-refractivity contribution in [2.24, 2.45) is 0 Å².